The van der Waals surface area contributed by atoms with Crippen LogP contribution in [0.1, 0.15) is 30.1 Å². The molecular formula is C15H14N4O. The van der Waals surface area contributed by atoms with E-state index in [4.69, 9.17) is 5.26 Å². The Bertz CT molecular complexity index is 740. The van der Waals surface area contributed by atoms with Crippen molar-refractivity contribution in [3.8, 4) is 6.07 Å². The van der Waals surface area contributed by atoms with Crippen molar-refractivity contribution in [2.24, 2.45) is 0 Å². The first-order valence-electron chi connectivity index (χ1n) is 6.53. The Kier molecular flexibility index (Phi) is 2.99. The molecule has 0 bridgehead atoms. The number of nitrogens with zero attached hydrogens (tertiary/aromatic N) is 3. The van der Waals surface area contributed by atoms with Crippen LogP contribution < -0.4 is 10.5 Å². The molecule has 1 fully saturated rings. The zero-order chi connectivity index (χ0) is 14.1. The van der Waals surface area contributed by atoms with Crippen LogP contribution in [0.5, 0.6) is 0 Å². The second-order valence-corrected chi connectivity index (χ2v) is 4.95. The maximum atomic E-state index is 11.7. The molecule has 0 aliphatic heterocycles. The molecule has 1 N–H and O–H groups in total. The van der Waals surface area contributed by atoms with Crippen LogP contribution in [0.4, 0.5) is 11.5 Å². The van der Waals surface area contributed by atoms with Crippen molar-refractivity contribution >= 4 is 11.5 Å². The quantitative estimate of drug-likeness (QED) is 0.925. The van der Waals surface area contributed by atoms with Gasteiger partial charge in [-0.2, -0.15) is 5.26 Å². The van der Waals surface area contributed by atoms with E-state index in [-0.39, 0.29) is 5.56 Å². The molecule has 0 atom stereocenters. The Morgan fingerprint density at radius 1 is 1.40 bits per heavy atom. The third-order valence-electron chi connectivity index (χ3n) is 3.44. The number of aromatic amines is 1. The molecule has 1 aliphatic rings. The molecule has 0 unspecified atom stereocenters. The highest BCUT2D eigenvalue weighted by molar-refractivity contribution is 5.66. The molecule has 1 aromatic carbocycles. The Hall–Kier alpha value is -2.61. The summed E-state index contributed by atoms with van der Waals surface area (Å²) in [6, 6.07) is 10.9. The van der Waals surface area contributed by atoms with Crippen molar-refractivity contribution in [3.05, 3.63) is 52.1 Å². The smallest absolute Gasteiger partial charge is 0.253 e. The minimum absolute atomic E-state index is 0.154. The molecule has 0 saturated heterocycles. The van der Waals surface area contributed by atoms with Crippen molar-refractivity contribution < 1.29 is 0 Å². The number of rotatable bonds is 3. The van der Waals surface area contributed by atoms with Gasteiger partial charge in [-0.1, -0.05) is 12.1 Å². The van der Waals surface area contributed by atoms with Crippen LogP contribution in [-0.4, -0.2) is 17.0 Å². The number of hydrogen-bond acceptors (Lipinski definition) is 4. The molecule has 20 heavy (non-hydrogen) atoms. The van der Waals surface area contributed by atoms with Crippen molar-refractivity contribution in [2.75, 3.05) is 11.9 Å². The molecule has 1 aliphatic carbocycles. The fourth-order valence-electron chi connectivity index (χ4n) is 2.17. The van der Waals surface area contributed by atoms with E-state index in [1.165, 1.54) is 6.07 Å². The first-order chi connectivity index (χ1) is 9.69. The van der Waals surface area contributed by atoms with E-state index < -0.39 is 0 Å². The molecule has 0 radical (unpaired) electrons. The lowest BCUT2D eigenvalue weighted by atomic mass is 10.2. The molecule has 1 aromatic heterocycles. The van der Waals surface area contributed by atoms with Gasteiger partial charge >= 0.3 is 0 Å². The second kappa shape index (κ2) is 4.82. The largest absolute Gasteiger partial charge is 0.328 e. The summed E-state index contributed by atoms with van der Waals surface area (Å²) in [4.78, 5) is 20.8. The summed E-state index contributed by atoms with van der Waals surface area (Å²) in [5, 5.41) is 9.16. The number of H-pyrrole nitrogens is 1. The van der Waals surface area contributed by atoms with Gasteiger partial charge in [-0.05, 0) is 25.0 Å². The van der Waals surface area contributed by atoms with E-state index in [2.05, 4.69) is 16.0 Å². The molecule has 0 spiro atoms. The number of nitriles is 1. The molecular weight excluding hydrogens is 252 g/mol. The van der Waals surface area contributed by atoms with E-state index in [1.807, 2.05) is 25.2 Å². The van der Waals surface area contributed by atoms with Gasteiger partial charge in [0.25, 0.3) is 5.56 Å². The van der Waals surface area contributed by atoms with Gasteiger partial charge in [0.2, 0.25) is 0 Å². The molecule has 3 rings (SSSR count). The Labute approximate surface area is 116 Å². The van der Waals surface area contributed by atoms with Crippen LogP contribution in [0.3, 0.4) is 0 Å². The number of para-hydroxylation sites is 1. The number of hydrogen-bond donors (Lipinski definition) is 1. The predicted molar refractivity (Wildman–Crippen MR) is 76.1 cm³/mol. The van der Waals surface area contributed by atoms with Crippen LogP contribution >= 0.6 is 0 Å². The summed E-state index contributed by atoms with van der Waals surface area (Å²) >= 11 is 0. The van der Waals surface area contributed by atoms with Crippen molar-refractivity contribution in [1.29, 1.82) is 5.26 Å². The normalized spacial score (nSPS) is 13.8. The van der Waals surface area contributed by atoms with Crippen LogP contribution in [0.15, 0.2) is 35.1 Å². The van der Waals surface area contributed by atoms with Crippen molar-refractivity contribution in [1.82, 2.24) is 9.97 Å². The van der Waals surface area contributed by atoms with Gasteiger partial charge in [0.05, 0.1) is 11.3 Å². The van der Waals surface area contributed by atoms with Gasteiger partial charge in [0.1, 0.15) is 17.7 Å². The van der Waals surface area contributed by atoms with E-state index >= 15 is 0 Å². The zero-order valence-electron chi connectivity index (χ0n) is 11.1. The lowest BCUT2D eigenvalue weighted by molar-refractivity contribution is 0.897. The van der Waals surface area contributed by atoms with Gasteiger partial charge in [-0.25, -0.2) is 4.98 Å². The van der Waals surface area contributed by atoms with E-state index in [0.29, 0.717) is 17.3 Å². The minimum Gasteiger partial charge on any atom is -0.328 e. The standard InChI is InChI=1S/C15H14N4O/c1-19(12-5-3-2-4-11(12)9-16)13-8-14(20)18-15(17-13)10-6-7-10/h2-5,8,10H,6-7H2,1H3,(H,17,18,20). The average molecular weight is 266 g/mol. The van der Waals surface area contributed by atoms with Crippen molar-refractivity contribution in [3.63, 3.8) is 0 Å². The van der Waals surface area contributed by atoms with Crippen LogP contribution in [-0.2, 0) is 0 Å². The number of aromatic nitrogens is 2. The second-order valence-electron chi connectivity index (χ2n) is 4.95. The molecule has 2 aromatic rings. The fourth-order valence-corrected chi connectivity index (χ4v) is 2.17. The number of benzene rings is 1. The molecule has 0 amide bonds. The SMILES string of the molecule is CN(c1cc(=O)[nH]c(C2CC2)n1)c1ccccc1C#N. The van der Waals surface area contributed by atoms with E-state index in [0.717, 1.165) is 24.4 Å². The topological polar surface area (TPSA) is 72.8 Å². The van der Waals surface area contributed by atoms with Crippen LogP contribution in [0, 0.1) is 11.3 Å². The zero-order valence-corrected chi connectivity index (χ0v) is 11.1. The summed E-state index contributed by atoms with van der Waals surface area (Å²) in [5.74, 6) is 1.69. The molecule has 1 saturated carbocycles. The highest BCUT2D eigenvalue weighted by atomic mass is 16.1. The van der Waals surface area contributed by atoms with Gasteiger partial charge in [-0.15, -0.1) is 0 Å². The molecule has 5 heteroatoms. The Morgan fingerprint density at radius 3 is 2.85 bits per heavy atom. The number of anilines is 2. The van der Waals surface area contributed by atoms with E-state index in [1.54, 1.807) is 11.0 Å². The van der Waals surface area contributed by atoms with Gasteiger partial charge < -0.3 is 9.88 Å². The van der Waals surface area contributed by atoms with Gasteiger partial charge in [0.15, 0.2) is 0 Å². The van der Waals surface area contributed by atoms with Crippen molar-refractivity contribution in [2.45, 2.75) is 18.8 Å². The highest BCUT2D eigenvalue weighted by Crippen LogP contribution is 2.38. The molecule has 5 nitrogen and oxygen atoms in total. The first-order valence-corrected chi connectivity index (χ1v) is 6.53. The summed E-state index contributed by atoms with van der Waals surface area (Å²) in [7, 11) is 1.81. The lowest BCUT2D eigenvalue weighted by Gasteiger charge is -2.19. The third-order valence-corrected chi connectivity index (χ3v) is 3.44. The van der Waals surface area contributed by atoms with E-state index in [9.17, 15) is 4.79 Å². The van der Waals surface area contributed by atoms with Crippen LogP contribution in [0.2, 0.25) is 0 Å². The number of nitrogens with one attached hydrogen (secondary N) is 1. The van der Waals surface area contributed by atoms with Crippen LogP contribution in [0.25, 0.3) is 0 Å². The maximum Gasteiger partial charge on any atom is 0.253 e. The Balaban J connectivity index is 2.04. The summed E-state index contributed by atoms with van der Waals surface area (Å²) in [6.45, 7) is 0. The average Bonchev–Trinajstić information content (AvgIpc) is 3.30. The van der Waals surface area contributed by atoms with Gasteiger partial charge in [-0.3, -0.25) is 4.79 Å². The monoisotopic (exact) mass is 266 g/mol. The fraction of sp³-hybridized carbons (Fsp3) is 0.267. The lowest BCUT2D eigenvalue weighted by Crippen LogP contribution is -2.18. The third kappa shape index (κ3) is 2.28. The predicted octanol–water partition coefficient (Wildman–Crippen LogP) is 2.29. The minimum atomic E-state index is -0.154. The highest BCUT2D eigenvalue weighted by Gasteiger charge is 2.27. The Morgan fingerprint density at radius 2 is 2.15 bits per heavy atom. The first kappa shape index (κ1) is 12.4. The summed E-state index contributed by atoms with van der Waals surface area (Å²) in [6.07, 6.45) is 2.15. The summed E-state index contributed by atoms with van der Waals surface area (Å²) in [5.41, 5.74) is 1.15. The molecule has 100 valence electrons. The van der Waals surface area contributed by atoms with Gasteiger partial charge in [0, 0.05) is 19.0 Å². The molecule has 1 heterocycles. The summed E-state index contributed by atoms with van der Waals surface area (Å²) < 4.78 is 0. The maximum absolute atomic E-state index is 11.7.